The van der Waals surface area contributed by atoms with Gasteiger partial charge in [-0.05, 0) is 61.2 Å². The highest BCUT2D eigenvalue weighted by Crippen LogP contribution is 2.21. The lowest BCUT2D eigenvalue weighted by Crippen LogP contribution is -2.30. The Morgan fingerprint density at radius 1 is 0.964 bits per heavy atom. The summed E-state index contributed by atoms with van der Waals surface area (Å²) in [4.78, 5) is 15.4. The molecule has 144 valence electrons. The van der Waals surface area contributed by atoms with Crippen LogP contribution >= 0.6 is 0 Å². The first-order valence-electron chi connectivity index (χ1n) is 9.46. The van der Waals surface area contributed by atoms with E-state index in [1.807, 2.05) is 12.3 Å². The summed E-state index contributed by atoms with van der Waals surface area (Å²) >= 11 is 0. The summed E-state index contributed by atoms with van der Waals surface area (Å²) in [7, 11) is 0. The highest BCUT2D eigenvalue weighted by Gasteiger charge is 2.12. The van der Waals surface area contributed by atoms with Crippen molar-refractivity contribution in [1.82, 2.24) is 15.0 Å². The van der Waals surface area contributed by atoms with Gasteiger partial charge in [-0.1, -0.05) is 0 Å². The Kier molecular flexibility index (Phi) is 5.61. The second-order valence-corrected chi connectivity index (χ2v) is 6.70. The highest BCUT2D eigenvalue weighted by molar-refractivity contribution is 5.42. The molecule has 4 rings (SSSR count). The second kappa shape index (κ2) is 8.65. The summed E-state index contributed by atoms with van der Waals surface area (Å²) in [5, 5.41) is 3.22. The molecule has 0 bridgehead atoms. The van der Waals surface area contributed by atoms with E-state index in [4.69, 9.17) is 4.74 Å². The van der Waals surface area contributed by atoms with Crippen molar-refractivity contribution in [2.75, 3.05) is 23.3 Å². The van der Waals surface area contributed by atoms with E-state index in [9.17, 15) is 4.39 Å². The molecule has 0 spiro atoms. The van der Waals surface area contributed by atoms with Crippen molar-refractivity contribution in [2.24, 2.45) is 0 Å². The number of hydrogen-bond acceptors (Lipinski definition) is 6. The molecule has 1 aliphatic heterocycles. The summed E-state index contributed by atoms with van der Waals surface area (Å²) in [5.74, 6) is 2.10. The van der Waals surface area contributed by atoms with Gasteiger partial charge in [0.2, 0.25) is 11.8 Å². The van der Waals surface area contributed by atoms with E-state index >= 15 is 0 Å². The van der Waals surface area contributed by atoms with Crippen LogP contribution in [0.4, 0.5) is 16.2 Å². The van der Waals surface area contributed by atoms with E-state index in [-0.39, 0.29) is 5.82 Å². The maximum atomic E-state index is 13.0. The molecule has 0 amide bonds. The molecule has 0 unspecified atom stereocenters. The van der Waals surface area contributed by atoms with Gasteiger partial charge < -0.3 is 15.0 Å². The van der Waals surface area contributed by atoms with Gasteiger partial charge in [0.25, 0.3) is 0 Å². The van der Waals surface area contributed by atoms with Crippen LogP contribution in [0.15, 0.2) is 54.9 Å². The fourth-order valence-corrected chi connectivity index (χ4v) is 3.16. The molecule has 1 aromatic carbocycles. The number of pyridine rings is 1. The number of halogens is 1. The minimum atomic E-state index is -0.307. The maximum Gasteiger partial charge on any atom is 0.226 e. The van der Waals surface area contributed by atoms with E-state index in [1.165, 1.54) is 31.4 Å². The highest BCUT2D eigenvalue weighted by atomic mass is 19.1. The van der Waals surface area contributed by atoms with Gasteiger partial charge in [0, 0.05) is 38.1 Å². The van der Waals surface area contributed by atoms with Crippen LogP contribution in [0.2, 0.25) is 0 Å². The van der Waals surface area contributed by atoms with Crippen molar-refractivity contribution in [3.63, 3.8) is 0 Å². The van der Waals surface area contributed by atoms with E-state index in [0.29, 0.717) is 24.1 Å². The number of nitrogens with one attached hydrogen (secondary N) is 1. The molecule has 3 aromatic rings. The third kappa shape index (κ3) is 4.73. The largest absolute Gasteiger partial charge is 0.439 e. The summed E-state index contributed by atoms with van der Waals surface area (Å²) < 4.78 is 18.6. The summed E-state index contributed by atoms with van der Waals surface area (Å²) in [6.07, 6.45) is 7.21. The molecule has 6 nitrogen and oxygen atoms in total. The number of aromatic nitrogens is 3. The van der Waals surface area contributed by atoms with E-state index in [0.717, 1.165) is 24.5 Å². The Morgan fingerprint density at radius 3 is 2.57 bits per heavy atom. The fraction of sp³-hybridized carbons (Fsp3) is 0.286. The van der Waals surface area contributed by atoms with Crippen molar-refractivity contribution >= 4 is 11.8 Å². The summed E-state index contributed by atoms with van der Waals surface area (Å²) in [5.41, 5.74) is 1.11. The van der Waals surface area contributed by atoms with Gasteiger partial charge in [-0.3, -0.25) is 0 Å². The molecule has 1 saturated heterocycles. The van der Waals surface area contributed by atoms with Crippen LogP contribution in [0.1, 0.15) is 24.8 Å². The lowest BCUT2D eigenvalue weighted by atomic mass is 10.1. The Balaban J connectivity index is 1.39. The molecular formula is C21H22FN5O. The van der Waals surface area contributed by atoms with Crippen molar-refractivity contribution in [3.05, 3.63) is 66.2 Å². The third-order valence-electron chi connectivity index (χ3n) is 4.61. The topological polar surface area (TPSA) is 63.2 Å². The number of piperidine rings is 1. The van der Waals surface area contributed by atoms with Gasteiger partial charge >= 0.3 is 0 Å². The zero-order chi connectivity index (χ0) is 19.2. The smallest absolute Gasteiger partial charge is 0.226 e. The first kappa shape index (κ1) is 18.2. The molecule has 1 fully saturated rings. The van der Waals surface area contributed by atoms with Crippen LogP contribution in [0, 0.1) is 5.82 Å². The van der Waals surface area contributed by atoms with Crippen molar-refractivity contribution in [3.8, 4) is 11.6 Å². The maximum absolute atomic E-state index is 13.0. The minimum absolute atomic E-state index is 0.307. The Morgan fingerprint density at radius 2 is 1.75 bits per heavy atom. The molecule has 2 aromatic heterocycles. The molecule has 7 heteroatoms. The lowest BCUT2D eigenvalue weighted by molar-refractivity contribution is 0.460. The van der Waals surface area contributed by atoms with Crippen LogP contribution in [0.3, 0.4) is 0 Å². The van der Waals surface area contributed by atoms with Crippen LogP contribution in [0.25, 0.3) is 0 Å². The number of rotatable bonds is 6. The van der Waals surface area contributed by atoms with E-state index < -0.39 is 0 Å². The van der Waals surface area contributed by atoms with Crippen LogP contribution < -0.4 is 15.0 Å². The quantitative estimate of drug-likeness (QED) is 0.685. The van der Waals surface area contributed by atoms with E-state index in [2.05, 4.69) is 31.2 Å². The van der Waals surface area contributed by atoms with Gasteiger partial charge in [-0.15, -0.1) is 0 Å². The average molecular weight is 379 g/mol. The van der Waals surface area contributed by atoms with Gasteiger partial charge in [-0.2, -0.15) is 4.98 Å². The lowest BCUT2D eigenvalue weighted by Gasteiger charge is -2.27. The van der Waals surface area contributed by atoms with Crippen LogP contribution in [-0.2, 0) is 6.54 Å². The molecule has 0 saturated carbocycles. The molecule has 3 heterocycles. The van der Waals surface area contributed by atoms with Crippen molar-refractivity contribution in [1.29, 1.82) is 0 Å². The molecule has 1 aliphatic rings. The predicted octanol–water partition coefficient (Wildman–Crippen LogP) is 4.41. The Labute approximate surface area is 163 Å². The SMILES string of the molecule is Fc1ccc(Oc2ccnc(NCc3ccnc(N4CCCCC4)c3)n2)cc1. The number of hydrogen-bond donors (Lipinski definition) is 1. The molecule has 0 atom stereocenters. The van der Waals surface area contributed by atoms with Crippen molar-refractivity contribution < 1.29 is 9.13 Å². The fourth-order valence-electron chi connectivity index (χ4n) is 3.16. The molecule has 0 aliphatic carbocycles. The van der Waals surface area contributed by atoms with Gasteiger partial charge in [-0.25, -0.2) is 14.4 Å². The minimum Gasteiger partial charge on any atom is -0.439 e. The normalized spacial score (nSPS) is 14.0. The average Bonchev–Trinajstić information content (AvgIpc) is 2.75. The van der Waals surface area contributed by atoms with E-state index in [1.54, 1.807) is 24.4 Å². The molecular weight excluding hydrogens is 357 g/mol. The number of nitrogens with zero attached hydrogens (tertiary/aromatic N) is 4. The van der Waals surface area contributed by atoms with Crippen LogP contribution in [0.5, 0.6) is 11.6 Å². The van der Waals surface area contributed by atoms with Crippen molar-refractivity contribution in [2.45, 2.75) is 25.8 Å². The first-order valence-corrected chi connectivity index (χ1v) is 9.46. The van der Waals surface area contributed by atoms with Gasteiger partial charge in [0.15, 0.2) is 0 Å². The standard InChI is InChI=1S/C21H22FN5O/c22-17-4-6-18(7-5-17)28-20-9-11-24-21(26-20)25-15-16-8-10-23-19(14-16)27-12-2-1-3-13-27/h4-11,14H,1-3,12-13,15H2,(H,24,25,26). The molecule has 28 heavy (non-hydrogen) atoms. The zero-order valence-electron chi connectivity index (χ0n) is 15.5. The van der Waals surface area contributed by atoms with Crippen LogP contribution in [-0.4, -0.2) is 28.0 Å². The van der Waals surface area contributed by atoms with Gasteiger partial charge in [0.05, 0.1) is 0 Å². The summed E-state index contributed by atoms with van der Waals surface area (Å²) in [6, 6.07) is 11.6. The Hall–Kier alpha value is -3.22. The Bertz CT molecular complexity index is 913. The first-order chi connectivity index (χ1) is 13.8. The second-order valence-electron chi connectivity index (χ2n) is 6.70. The van der Waals surface area contributed by atoms with Gasteiger partial charge in [0.1, 0.15) is 17.4 Å². The third-order valence-corrected chi connectivity index (χ3v) is 4.61. The monoisotopic (exact) mass is 379 g/mol. The molecule has 1 N–H and O–H groups in total. The summed E-state index contributed by atoms with van der Waals surface area (Å²) in [6.45, 7) is 2.72. The number of anilines is 2. The number of ether oxygens (including phenoxy) is 1. The zero-order valence-corrected chi connectivity index (χ0v) is 15.5. The number of benzene rings is 1. The predicted molar refractivity (Wildman–Crippen MR) is 106 cm³/mol. The molecule has 0 radical (unpaired) electrons.